The third-order valence-electron chi connectivity index (χ3n) is 3.18. The summed E-state index contributed by atoms with van der Waals surface area (Å²) in [5, 5.41) is 20.0. The summed E-state index contributed by atoms with van der Waals surface area (Å²) in [5.74, 6) is -1.13. The Hall–Kier alpha value is -1.63. The number of pyridine rings is 1. The summed E-state index contributed by atoms with van der Waals surface area (Å²) >= 11 is 11.8. The number of aliphatic hydroxyl groups excluding tert-OH is 2. The van der Waals surface area contributed by atoms with E-state index in [1.165, 1.54) is 18.5 Å². The van der Waals surface area contributed by atoms with Crippen molar-refractivity contribution in [2.75, 3.05) is 13.2 Å². The third kappa shape index (κ3) is 5.47. The average molecular weight is 375 g/mol. The van der Waals surface area contributed by atoms with E-state index in [9.17, 15) is 15.0 Å². The molecule has 1 aromatic rings. The van der Waals surface area contributed by atoms with Gasteiger partial charge >= 0.3 is 5.97 Å². The lowest BCUT2D eigenvalue weighted by atomic mass is 10.1. The van der Waals surface area contributed by atoms with Gasteiger partial charge in [-0.25, -0.2) is 9.78 Å². The second kappa shape index (κ2) is 9.61. The van der Waals surface area contributed by atoms with Crippen LogP contribution in [0.3, 0.4) is 0 Å². The minimum Gasteiger partial charge on any atom is -0.506 e. The molecule has 0 saturated carbocycles. The van der Waals surface area contributed by atoms with E-state index in [1.807, 2.05) is 13.8 Å². The number of carbonyl (C=O) groups is 1. The van der Waals surface area contributed by atoms with Crippen LogP contribution in [0.25, 0.3) is 5.76 Å². The predicted molar refractivity (Wildman–Crippen MR) is 94.6 cm³/mol. The van der Waals surface area contributed by atoms with Crippen molar-refractivity contribution < 1.29 is 19.7 Å². The third-order valence-corrected chi connectivity index (χ3v) is 3.69. The lowest BCUT2D eigenvalue weighted by Gasteiger charge is -2.13. The first-order chi connectivity index (χ1) is 11.3. The topological polar surface area (TPSA) is 92.0 Å². The smallest absolute Gasteiger partial charge is 0.343 e. The highest BCUT2D eigenvalue weighted by molar-refractivity contribution is 6.34. The average Bonchev–Trinajstić information content (AvgIpc) is 2.53. The molecule has 0 unspecified atom stereocenters. The minimum absolute atomic E-state index is 0.0517. The molecule has 8 heteroatoms. The molecule has 0 spiro atoms. The van der Waals surface area contributed by atoms with Gasteiger partial charge in [-0.15, -0.1) is 0 Å². The van der Waals surface area contributed by atoms with Crippen LogP contribution in [0.4, 0.5) is 0 Å². The number of halogens is 2. The van der Waals surface area contributed by atoms with Gasteiger partial charge in [0.05, 0.1) is 24.3 Å². The first kappa shape index (κ1) is 20.4. The standard InChI is InChI=1S/C16H20Cl2N2O4/c1-4-24-16(23)11(6-19-13(8-21)9(2)3)15(22)10-5-14(18)20-7-12(10)17/h5-7,9,13,21-22H,4,8H2,1-3H3/t13-/m1/s1. The Balaban J connectivity index is 3.38. The zero-order valence-corrected chi connectivity index (χ0v) is 15.2. The van der Waals surface area contributed by atoms with Gasteiger partial charge in [0.25, 0.3) is 0 Å². The van der Waals surface area contributed by atoms with Gasteiger partial charge in [0.15, 0.2) is 0 Å². The second-order valence-corrected chi connectivity index (χ2v) is 6.04. The van der Waals surface area contributed by atoms with E-state index in [1.54, 1.807) is 6.92 Å². The van der Waals surface area contributed by atoms with Gasteiger partial charge in [0, 0.05) is 18.0 Å². The zero-order chi connectivity index (χ0) is 18.3. The fourth-order valence-corrected chi connectivity index (χ4v) is 2.11. The molecule has 132 valence electrons. The van der Waals surface area contributed by atoms with Crippen molar-refractivity contribution in [3.8, 4) is 0 Å². The van der Waals surface area contributed by atoms with Crippen LogP contribution in [-0.2, 0) is 9.53 Å². The SMILES string of the molecule is CCOC(=O)C(C=N[C@H](CO)C(C)C)=C(O)c1cc(Cl)ncc1Cl. The van der Waals surface area contributed by atoms with E-state index in [-0.39, 0.29) is 40.4 Å². The monoisotopic (exact) mass is 374 g/mol. The largest absolute Gasteiger partial charge is 0.506 e. The summed E-state index contributed by atoms with van der Waals surface area (Å²) < 4.78 is 4.94. The molecule has 6 nitrogen and oxygen atoms in total. The van der Waals surface area contributed by atoms with E-state index in [0.717, 1.165) is 0 Å². The summed E-state index contributed by atoms with van der Waals surface area (Å²) in [6.07, 6.45) is 2.44. The molecular weight excluding hydrogens is 355 g/mol. The molecule has 0 aromatic carbocycles. The van der Waals surface area contributed by atoms with Crippen molar-refractivity contribution in [3.63, 3.8) is 0 Å². The van der Waals surface area contributed by atoms with E-state index >= 15 is 0 Å². The highest BCUT2D eigenvalue weighted by atomic mass is 35.5. The van der Waals surface area contributed by atoms with Gasteiger partial charge in [0.1, 0.15) is 16.5 Å². The number of esters is 1. The van der Waals surface area contributed by atoms with Crippen LogP contribution in [-0.4, -0.2) is 46.6 Å². The van der Waals surface area contributed by atoms with Gasteiger partial charge < -0.3 is 14.9 Å². The van der Waals surface area contributed by atoms with Gasteiger partial charge in [-0.1, -0.05) is 37.0 Å². The summed E-state index contributed by atoms with van der Waals surface area (Å²) in [7, 11) is 0. The molecule has 0 aliphatic heterocycles. The lowest BCUT2D eigenvalue weighted by Crippen LogP contribution is -2.19. The van der Waals surface area contributed by atoms with Crippen LogP contribution in [0.1, 0.15) is 26.3 Å². The molecular formula is C16H20Cl2N2O4. The normalized spacial score (nSPS) is 14.0. The van der Waals surface area contributed by atoms with Crippen LogP contribution in [0.5, 0.6) is 0 Å². The lowest BCUT2D eigenvalue weighted by molar-refractivity contribution is -0.137. The van der Waals surface area contributed by atoms with Crippen LogP contribution >= 0.6 is 23.2 Å². The van der Waals surface area contributed by atoms with Crippen molar-refractivity contribution in [2.24, 2.45) is 10.9 Å². The van der Waals surface area contributed by atoms with Gasteiger partial charge in [-0.2, -0.15) is 0 Å². The molecule has 0 aliphatic rings. The molecule has 1 aromatic heterocycles. The quantitative estimate of drug-likeness (QED) is 0.251. The number of aliphatic imine (C=N–C) groups is 1. The van der Waals surface area contributed by atoms with Crippen molar-refractivity contribution in [2.45, 2.75) is 26.8 Å². The minimum atomic E-state index is -0.761. The number of hydrogen-bond acceptors (Lipinski definition) is 6. The van der Waals surface area contributed by atoms with Crippen molar-refractivity contribution in [1.29, 1.82) is 0 Å². The molecule has 0 saturated heterocycles. The number of aliphatic hydroxyl groups is 2. The van der Waals surface area contributed by atoms with Crippen molar-refractivity contribution in [1.82, 2.24) is 4.98 Å². The molecule has 0 aliphatic carbocycles. The van der Waals surface area contributed by atoms with E-state index < -0.39 is 17.8 Å². The van der Waals surface area contributed by atoms with Crippen molar-refractivity contribution >= 4 is 41.1 Å². The fraction of sp³-hybridized carbons (Fsp3) is 0.438. The highest BCUT2D eigenvalue weighted by Gasteiger charge is 2.20. The number of nitrogens with zero attached hydrogens (tertiary/aromatic N) is 2. The van der Waals surface area contributed by atoms with Crippen LogP contribution < -0.4 is 0 Å². The summed E-state index contributed by atoms with van der Waals surface area (Å²) in [6, 6.07) is 0.914. The summed E-state index contributed by atoms with van der Waals surface area (Å²) in [5.41, 5.74) is -0.0450. The van der Waals surface area contributed by atoms with E-state index in [4.69, 9.17) is 27.9 Å². The fourth-order valence-electron chi connectivity index (χ4n) is 1.76. The summed E-state index contributed by atoms with van der Waals surface area (Å²) in [4.78, 5) is 20.1. The Morgan fingerprint density at radius 3 is 2.67 bits per heavy atom. The molecule has 1 heterocycles. The van der Waals surface area contributed by atoms with Gasteiger partial charge in [-0.05, 0) is 18.9 Å². The Bertz CT molecular complexity index is 645. The molecule has 1 rings (SSSR count). The Morgan fingerprint density at radius 1 is 1.46 bits per heavy atom. The molecule has 0 fully saturated rings. The first-order valence-corrected chi connectivity index (χ1v) is 8.13. The second-order valence-electron chi connectivity index (χ2n) is 5.24. The zero-order valence-electron chi connectivity index (χ0n) is 13.7. The first-order valence-electron chi connectivity index (χ1n) is 7.37. The number of hydrogen-bond donors (Lipinski definition) is 2. The van der Waals surface area contributed by atoms with Crippen molar-refractivity contribution in [3.05, 3.63) is 33.6 Å². The molecule has 0 amide bonds. The van der Waals surface area contributed by atoms with Crippen LogP contribution in [0.2, 0.25) is 10.2 Å². The Kier molecular flexibility index (Phi) is 8.18. The van der Waals surface area contributed by atoms with Gasteiger partial charge in [0.2, 0.25) is 0 Å². The van der Waals surface area contributed by atoms with Gasteiger partial charge in [-0.3, -0.25) is 4.99 Å². The number of aromatic nitrogens is 1. The van der Waals surface area contributed by atoms with E-state index in [0.29, 0.717) is 0 Å². The molecule has 0 radical (unpaired) electrons. The Labute approximate surface area is 150 Å². The molecule has 0 bridgehead atoms. The predicted octanol–water partition coefficient (Wildman–Crippen LogP) is 3.31. The maximum absolute atomic E-state index is 12.1. The molecule has 24 heavy (non-hydrogen) atoms. The maximum Gasteiger partial charge on any atom is 0.343 e. The number of ether oxygens (including phenoxy) is 1. The molecule has 2 N–H and O–H groups in total. The number of carbonyl (C=O) groups excluding carboxylic acids is 1. The highest BCUT2D eigenvalue weighted by Crippen LogP contribution is 2.26. The van der Waals surface area contributed by atoms with E-state index in [2.05, 4.69) is 9.98 Å². The van der Waals surface area contributed by atoms with Crippen LogP contribution in [0.15, 0.2) is 22.8 Å². The Morgan fingerprint density at radius 2 is 2.12 bits per heavy atom. The maximum atomic E-state index is 12.1. The number of rotatable bonds is 7. The summed E-state index contributed by atoms with van der Waals surface area (Å²) in [6.45, 7) is 5.34. The molecule has 1 atom stereocenters. The van der Waals surface area contributed by atoms with Crippen LogP contribution in [0, 0.1) is 5.92 Å².